The summed E-state index contributed by atoms with van der Waals surface area (Å²) in [6.45, 7) is 20.1. The van der Waals surface area contributed by atoms with Gasteiger partial charge in [0.05, 0.1) is 0 Å². The highest BCUT2D eigenvalue weighted by atomic mass is 32.1. The molecular formula is C29H35NS. The Kier molecular flexibility index (Phi) is 11.2. The summed E-state index contributed by atoms with van der Waals surface area (Å²) in [6.07, 6.45) is 8.45. The Morgan fingerprint density at radius 3 is 2.19 bits per heavy atom. The van der Waals surface area contributed by atoms with Gasteiger partial charge in [-0.15, -0.1) is 12.6 Å². The minimum atomic E-state index is 0.716. The number of rotatable bonds is 7. The van der Waals surface area contributed by atoms with Crippen LogP contribution in [-0.2, 0) is 6.42 Å². The Bertz CT molecular complexity index is 1000. The molecule has 0 fully saturated rings. The lowest BCUT2D eigenvalue weighted by atomic mass is 9.86. The van der Waals surface area contributed by atoms with Gasteiger partial charge in [0.2, 0.25) is 0 Å². The minimum Gasteiger partial charge on any atom is -0.405 e. The fraction of sp³-hybridized carbons (Fsp3) is 0.172. The number of aryl methyl sites for hydroxylation is 2. The Morgan fingerprint density at radius 1 is 1.06 bits per heavy atom. The third kappa shape index (κ3) is 7.66. The molecule has 2 aromatic carbocycles. The van der Waals surface area contributed by atoms with Crippen molar-refractivity contribution in [2.24, 2.45) is 5.73 Å². The molecule has 0 amide bonds. The smallest absolute Gasteiger partial charge is 0.00528 e. The van der Waals surface area contributed by atoms with E-state index in [-0.39, 0.29) is 0 Å². The topological polar surface area (TPSA) is 26.0 Å². The molecule has 0 aromatic heterocycles. The summed E-state index contributed by atoms with van der Waals surface area (Å²) >= 11 is 4.66. The molecule has 31 heavy (non-hydrogen) atoms. The zero-order valence-corrected chi connectivity index (χ0v) is 20.2. The predicted molar refractivity (Wildman–Crippen MR) is 143 cm³/mol. The highest BCUT2D eigenvalue weighted by Crippen LogP contribution is 2.37. The first-order chi connectivity index (χ1) is 14.8. The van der Waals surface area contributed by atoms with E-state index in [0.29, 0.717) is 4.91 Å². The van der Waals surface area contributed by atoms with E-state index < -0.39 is 0 Å². The first kappa shape index (κ1) is 26.1. The molecule has 2 aromatic rings. The molecule has 0 atom stereocenters. The van der Waals surface area contributed by atoms with Gasteiger partial charge >= 0.3 is 0 Å². The normalized spacial score (nSPS) is 12.0. The number of hydrogen-bond acceptors (Lipinski definition) is 2. The maximum atomic E-state index is 4.66. The van der Waals surface area contributed by atoms with Gasteiger partial charge in [0, 0.05) is 10.5 Å². The number of nitrogens with two attached hydrogens (primary N) is 1. The maximum Gasteiger partial charge on any atom is 0.00528 e. The molecule has 0 radical (unpaired) electrons. The molecule has 1 nitrogen and oxygen atoms in total. The Balaban J connectivity index is 0.00000151. The van der Waals surface area contributed by atoms with Crippen molar-refractivity contribution >= 4 is 18.2 Å². The maximum absolute atomic E-state index is 4.66. The van der Waals surface area contributed by atoms with Gasteiger partial charge in [-0.25, -0.2) is 0 Å². The van der Waals surface area contributed by atoms with Crippen molar-refractivity contribution < 1.29 is 0 Å². The average molecular weight is 430 g/mol. The van der Waals surface area contributed by atoms with Gasteiger partial charge in [-0.3, -0.25) is 0 Å². The van der Waals surface area contributed by atoms with E-state index in [4.69, 9.17) is 0 Å². The highest BCUT2D eigenvalue weighted by Gasteiger charge is 2.17. The number of allylic oxidation sites excluding steroid dienone is 6. The van der Waals surface area contributed by atoms with Gasteiger partial charge in [0.1, 0.15) is 0 Å². The Hall–Kier alpha value is -2.97. The third-order valence-corrected chi connectivity index (χ3v) is 5.13. The van der Waals surface area contributed by atoms with Gasteiger partial charge in [0.25, 0.3) is 0 Å². The van der Waals surface area contributed by atoms with Crippen LogP contribution in [0.15, 0.2) is 114 Å². The van der Waals surface area contributed by atoms with Crippen molar-refractivity contribution in [1.82, 2.24) is 0 Å². The summed E-state index contributed by atoms with van der Waals surface area (Å²) in [4.78, 5) is 0.716. The van der Waals surface area contributed by atoms with Crippen molar-refractivity contribution in [3.05, 3.63) is 137 Å². The molecule has 2 heteroatoms. The van der Waals surface area contributed by atoms with E-state index in [9.17, 15) is 0 Å². The van der Waals surface area contributed by atoms with E-state index >= 15 is 0 Å². The fourth-order valence-electron chi connectivity index (χ4n) is 3.10. The zero-order valence-electron chi connectivity index (χ0n) is 19.3. The van der Waals surface area contributed by atoms with Gasteiger partial charge in [0.15, 0.2) is 0 Å². The molecule has 0 saturated heterocycles. The van der Waals surface area contributed by atoms with Gasteiger partial charge < -0.3 is 5.73 Å². The van der Waals surface area contributed by atoms with E-state index in [1.165, 1.54) is 28.5 Å². The van der Waals surface area contributed by atoms with Crippen LogP contribution < -0.4 is 5.73 Å². The second kappa shape index (κ2) is 13.4. The van der Waals surface area contributed by atoms with Crippen LogP contribution >= 0.6 is 12.6 Å². The second-order valence-electron chi connectivity index (χ2n) is 7.19. The lowest BCUT2D eigenvalue weighted by Gasteiger charge is -2.19. The fourth-order valence-corrected chi connectivity index (χ4v) is 3.35. The minimum absolute atomic E-state index is 0.716. The summed E-state index contributed by atoms with van der Waals surface area (Å²) in [7, 11) is 0. The number of thiol groups is 1. The summed E-state index contributed by atoms with van der Waals surface area (Å²) in [6, 6.07) is 17.1. The summed E-state index contributed by atoms with van der Waals surface area (Å²) < 4.78 is 0. The largest absolute Gasteiger partial charge is 0.405 e. The molecule has 0 aliphatic rings. The second-order valence-corrected chi connectivity index (χ2v) is 7.73. The molecule has 162 valence electrons. The number of hydrogen-bond donors (Lipinski definition) is 2. The quantitative estimate of drug-likeness (QED) is 0.339. The molecule has 2 N–H and O–H groups in total. The van der Waals surface area contributed by atoms with Crippen LogP contribution in [0.1, 0.15) is 43.0 Å². The SMILES string of the molecule is C=C(S)/C(C(=C)/C=C/C(C)=C/C)=C(/c1ccccc1)c1cc(CC)ccc1C.C=CN. The molecule has 0 saturated carbocycles. The summed E-state index contributed by atoms with van der Waals surface area (Å²) in [5.41, 5.74) is 13.7. The molecule has 2 rings (SSSR count). The molecular weight excluding hydrogens is 394 g/mol. The van der Waals surface area contributed by atoms with Crippen LogP contribution in [-0.4, -0.2) is 0 Å². The van der Waals surface area contributed by atoms with Gasteiger partial charge in [-0.1, -0.05) is 99.0 Å². The molecule has 0 unspecified atom stereocenters. The van der Waals surface area contributed by atoms with E-state index in [1.54, 1.807) is 0 Å². The van der Waals surface area contributed by atoms with Crippen LogP contribution in [0.5, 0.6) is 0 Å². The molecule has 0 bridgehead atoms. The first-order valence-corrected chi connectivity index (χ1v) is 10.9. The molecule has 0 aliphatic carbocycles. The lowest BCUT2D eigenvalue weighted by molar-refractivity contribution is 1.13. The Morgan fingerprint density at radius 2 is 1.68 bits per heavy atom. The van der Waals surface area contributed by atoms with Gasteiger partial charge in [-0.2, -0.15) is 0 Å². The van der Waals surface area contributed by atoms with E-state index in [2.05, 4.69) is 113 Å². The third-order valence-electron chi connectivity index (χ3n) is 4.90. The average Bonchev–Trinajstić information content (AvgIpc) is 2.77. The van der Waals surface area contributed by atoms with Crippen LogP contribution in [0.2, 0.25) is 0 Å². The van der Waals surface area contributed by atoms with Gasteiger partial charge in [-0.05, 0) is 66.8 Å². The van der Waals surface area contributed by atoms with Crippen LogP contribution in [0.25, 0.3) is 5.57 Å². The van der Waals surface area contributed by atoms with Crippen molar-refractivity contribution in [3.63, 3.8) is 0 Å². The molecule has 0 spiro atoms. The molecule has 0 aliphatic heterocycles. The van der Waals surface area contributed by atoms with Crippen molar-refractivity contribution in [2.75, 3.05) is 0 Å². The Labute approximate surface area is 194 Å². The first-order valence-electron chi connectivity index (χ1n) is 10.4. The predicted octanol–water partition coefficient (Wildman–Crippen LogP) is 7.97. The van der Waals surface area contributed by atoms with Crippen molar-refractivity contribution in [1.29, 1.82) is 0 Å². The van der Waals surface area contributed by atoms with Crippen LogP contribution in [0.4, 0.5) is 0 Å². The van der Waals surface area contributed by atoms with Crippen molar-refractivity contribution in [2.45, 2.75) is 34.1 Å². The van der Waals surface area contributed by atoms with E-state index in [1.807, 2.05) is 19.1 Å². The summed E-state index contributed by atoms with van der Waals surface area (Å²) in [5, 5.41) is 0. The zero-order chi connectivity index (χ0) is 23.4. The lowest BCUT2D eigenvalue weighted by Crippen LogP contribution is -2.00. The van der Waals surface area contributed by atoms with Crippen molar-refractivity contribution in [3.8, 4) is 0 Å². The highest BCUT2D eigenvalue weighted by molar-refractivity contribution is 7.84. The van der Waals surface area contributed by atoms with Crippen LogP contribution in [0.3, 0.4) is 0 Å². The monoisotopic (exact) mass is 429 g/mol. The number of benzene rings is 2. The van der Waals surface area contributed by atoms with Crippen LogP contribution in [0, 0.1) is 6.92 Å². The van der Waals surface area contributed by atoms with E-state index in [0.717, 1.165) is 28.7 Å². The summed E-state index contributed by atoms with van der Waals surface area (Å²) in [5.74, 6) is 0. The molecule has 0 heterocycles. The standard InChI is InChI=1S/C27H30S.C2H5N/c1-7-19(3)14-15-21(5)26(22(6)28)27(24-12-10-9-11-13-24)25-18-23(8-2)17-16-20(25)4;1-2-3/h7,9-18,28H,5-6,8H2,1-4H3;2H,1,3H2/b15-14+,19-7+,27-26-;.